The van der Waals surface area contributed by atoms with Gasteiger partial charge in [-0.2, -0.15) is 0 Å². The molecule has 1 saturated heterocycles. The molecule has 0 radical (unpaired) electrons. The molecule has 1 amide bonds. The molecule has 1 aliphatic heterocycles. The van der Waals surface area contributed by atoms with Gasteiger partial charge in [0.1, 0.15) is 5.60 Å². The monoisotopic (exact) mass is 539 g/mol. The lowest BCUT2D eigenvalue weighted by molar-refractivity contribution is 0.0486. The number of rotatable bonds is 8. The molecule has 0 bridgehead atoms. The number of amides is 1. The van der Waals surface area contributed by atoms with Crippen molar-refractivity contribution >= 4 is 36.0 Å². The zero-order valence-corrected chi connectivity index (χ0v) is 22.8. The number of alkyl carbamates (subject to hydrolysis) is 1. The van der Waals surface area contributed by atoms with Crippen molar-refractivity contribution in [2.75, 3.05) is 47.3 Å². The fraction of sp³-hybridized carbons (Fsp3) is 0.909. The zero-order valence-electron chi connectivity index (χ0n) is 20.5. The van der Waals surface area contributed by atoms with Gasteiger partial charge < -0.3 is 25.2 Å². The fourth-order valence-corrected chi connectivity index (χ4v) is 3.59. The first-order chi connectivity index (χ1) is 13.5. The standard InChI is InChI=1S/C22H45N5O2.HI/c1-17(2)19(25-21(28)29-22(3,4)5)12-16-27(8)20(23-6)24-13-9-18-10-14-26(7)15-11-18;/h17-19H,9-16H2,1-8H3,(H,23,24)(H,25,28);1H. The molecule has 1 heterocycles. The van der Waals surface area contributed by atoms with Crippen LogP contribution in [0.25, 0.3) is 0 Å². The Balaban J connectivity index is 0.00000841. The highest BCUT2D eigenvalue weighted by atomic mass is 127. The van der Waals surface area contributed by atoms with Crippen molar-refractivity contribution in [3.8, 4) is 0 Å². The van der Waals surface area contributed by atoms with Crippen molar-refractivity contribution in [1.82, 2.24) is 20.4 Å². The molecule has 7 nitrogen and oxygen atoms in total. The van der Waals surface area contributed by atoms with Gasteiger partial charge in [-0.15, -0.1) is 24.0 Å². The van der Waals surface area contributed by atoms with Gasteiger partial charge in [0.25, 0.3) is 0 Å². The maximum Gasteiger partial charge on any atom is 0.407 e. The number of hydrogen-bond acceptors (Lipinski definition) is 4. The summed E-state index contributed by atoms with van der Waals surface area (Å²) in [7, 11) is 6.08. The van der Waals surface area contributed by atoms with Gasteiger partial charge in [0.05, 0.1) is 0 Å². The summed E-state index contributed by atoms with van der Waals surface area (Å²) in [6.07, 6.45) is 4.26. The van der Waals surface area contributed by atoms with Crippen LogP contribution in [0.5, 0.6) is 0 Å². The van der Waals surface area contributed by atoms with Gasteiger partial charge in [0.15, 0.2) is 5.96 Å². The molecule has 0 aromatic heterocycles. The van der Waals surface area contributed by atoms with Gasteiger partial charge in [0.2, 0.25) is 0 Å². The van der Waals surface area contributed by atoms with E-state index >= 15 is 0 Å². The van der Waals surface area contributed by atoms with E-state index in [-0.39, 0.29) is 36.1 Å². The van der Waals surface area contributed by atoms with Crippen molar-refractivity contribution in [2.24, 2.45) is 16.8 Å². The molecule has 1 fully saturated rings. The van der Waals surface area contributed by atoms with E-state index in [9.17, 15) is 4.79 Å². The van der Waals surface area contributed by atoms with E-state index in [1.807, 2.05) is 27.8 Å². The number of ether oxygens (including phenoxy) is 1. The third kappa shape index (κ3) is 12.2. The highest BCUT2D eigenvalue weighted by molar-refractivity contribution is 14.0. The summed E-state index contributed by atoms with van der Waals surface area (Å²) in [5.41, 5.74) is -0.484. The molecular formula is C22H46IN5O2. The van der Waals surface area contributed by atoms with Gasteiger partial charge >= 0.3 is 6.09 Å². The summed E-state index contributed by atoms with van der Waals surface area (Å²) in [4.78, 5) is 21.1. The fourth-order valence-electron chi connectivity index (χ4n) is 3.59. The molecule has 1 unspecified atom stereocenters. The number of aliphatic imine (C=N–C) groups is 1. The van der Waals surface area contributed by atoms with Gasteiger partial charge in [-0.1, -0.05) is 13.8 Å². The third-order valence-corrected chi connectivity index (χ3v) is 5.53. The Kier molecular flexibility index (Phi) is 14.0. The second-order valence-corrected chi connectivity index (χ2v) is 9.72. The lowest BCUT2D eigenvalue weighted by Gasteiger charge is -2.30. The maximum absolute atomic E-state index is 12.1. The van der Waals surface area contributed by atoms with Crippen LogP contribution >= 0.6 is 24.0 Å². The van der Waals surface area contributed by atoms with E-state index in [4.69, 9.17) is 4.74 Å². The van der Waals surface area contributed by atoms with Crippen LogP contribution in [0.3, 0.4) is 0 Å². The number of carbonyl (C=O) groups excluding carboxylic acids is 1. The molecule has 1 atom stereocenters. The smallest absolute Gasteiger partial charge is 0.407 e. The topological polar surface area (TPSA) is 69.2 Å². The van der Waals surface area contributed by atoms with Crippen molar-refractivity contribution in [3.63, 3.8) is 0 Å². The van der Waals surface area contributed by atoms with Gasteiger partial charge in [-0.05, 0) is 78.4 Å². The summed E-state index contributed by atoms with van der Waals surface area (Å²) in [6.45, 7) is 14.1. The molecule has 30 heavy (non-hydrogen) atoms. The maximum atomic E-state index is 12.1. The lowest BCUT2D eigenvalue weighted by Crippen LogP contribution is -2.45. The molecule has 0 spiro atoms. The Morgan fingerprint density at radius 3 is 2.37 bits per heavy atom. The minimum Gasteiger partial charge on any atom is -0.444 e. The number of guanidine groups is 1. The number of piperidine rings is 1. The predicted molar refractivity (Wildman–Crippen MR) is 137 cm³/mol. The van der Waals surface area contributed by atoms with Gasteiger partial charge in [-0.25, -0.2) is 4.79 Å². The summed E-state index contributed by atoms with van der Waals surface area (Å²) in [5.74, 6) is 2.05. The van der Waals surface area contributed by atoms with Crippen molar-refractivity contribution in [3.05, 3.63) is 0 Å². The number of likely N-dealkylation sites (tertiary alicyclic amines) is 1. The Bertz CT molecular complexity index is 514. The minimum absolute atomic E-state index is 0. The Labute approximate surface area is 201 Å². The van der Waals surface area contributed by atoms with Gasteiger partial charge in [-0.3, -0.25) is 4.99 Å². The van der Waals surface area contributed by atoms with E-state index in [0.29, 0.717) is 5.92 Å². The molecule has 0 aromatic rings. The molecule has 1 rings (SSSR count). The predicted octanol–water partition coefficient (Wildman–Crippen LogP) is 3.78. The first-order valence-electron chi connectivity index (χ1n) is 11.1. The van der Waals surface area contributed by atoms with Crippen molar-refractivity contribution in [1.29, 1.82) is 0 Å². The zero-order chi connectivity index (χ0) is 22.0. The van der Waals surface area contributed by atoms with E-state index in [0.717, 1.165) is 31.4 Å². The van der Waals surface area contributed by atoms with E-state index in [2.05, 4.69) is 53.4 Å². The first-order valence-corrected chi connectivity index (χ1v) is 11.1. The number of halogens is 1. The molecule has 0 aromatic carbocycles. The lowest BCUT2D eigenvalue weighted by atomic mass is 9.94. The highest BCUT2D eigenvalue weighted by Gasteiger charge is 2.22. The first kappa shape index (κ1) is 29.2. The number of nitrogens with zero attached hydrogens (tertiary/aromatic N) is 3. The molecular weight excluding hydrogens is 493 g/mol. The van der Waals surface area contributed by atoms with Gasteiger partial charge in [0, 0.05) is 33.2 Å². The molecule has 2 N–H and O–H groups in total. The van der Waals surface area contributed by atoms with Crippen molar-refractivity contribution < 1.29 is 9.53 Å². The molecule has 0 aliphatic carbocycles. The largest absolute Gasteiger partial charge is 0.444 e. The molecule has 8 heteroatoms. The SMILES string of the molecule is CN=C(NCCC1CCN(C)CC1)N(C)CCC(NC(=O)OC(C)(C)C)C(C)C.I. The highest BCUT2D eigenvalue weighted by Crippen LogP contribution is 2.18. The average Bonchev–Trinajstić information content (AvgIpc) is 2.61. The minimum atomic E-state index is -0.484. The van der Waals surface area contributed by atoms with Crippen LogP contribution in [-0.4, -0.2) is 80.8 Å². The van der Waals surface area contributed by atoms with Crippen molar-refractivity contribution in [2.45, 2.75) is 71.9 Å². The summed E-state index contributed by atoms with van der Waals surface area (Å²) in [5, 5.41) is 6.53. The van der Waals surface area contributed by atoms with Crippen LogP contribution in [0.1, 0.15) is 60.3 Å². The third-order valence-electron chi connectivity index (χ3n) is 5.53. The van der Waals surface area contributed by atoms with Crippen LogP contribution in [0.4, 0.5) is 4.79 Å². The van der Waals surface area contributed by atoms with E-state index < -0.39 is 5.60 Å². The Hall–Kier alpha value is -0.770. The van der Waals surface area contributed by atoms with E-state index in [1.165, 1.54) is 32.4 Å². The normalized spacial score (nSPS) is 17.3. The molecule has 178 valence electrons. The number of nitrogens with one attached hydrogen (secondary N) is 2. The Morgan fingerprint density at radius 2 is 1.87 bits per heavy atom. The van der Waals surface area contributed by atoms with Crippen LogP contribution in [0.15, 0.2) is 4.99 Å². The molecule has 1 aliphatic rings. The van der Waals surface area contributed by atoms with Crippen LogP contribution in [0, 0.1) is 11.8 Å². The summed E-state index contributed by atoms with van der Waals surface area (Å²) >= 11 is 0. The second-order valence-electron chi connectivity index (χ2n) is 9.72. The van der Waals surface area contributed by atoms with E-state index in [1.54, 1.807) is 0 Å². The summed E-state index contributed by atoms with van der Waals surface area (Å²) in [6, 6.07) is 0.0598. The number of hydrogen-bond donors (Lipinski definition) is 2. The van der Waals surface area contributed by atoms with Crippen LogP contribution in [-0.2, 0) is 4.74 Å². The molecule has 0 saturated carbocycles. The second kappa shape index (κ2) is 14.3. The quantitative estimate of drug-likeness (QED) is 0.279. The number of carbonyl (C=O) groups is 1. The Morgan fingerprint density at radius 1 is 1.27 bits per heavy atom. The van der Waals surface area contributed by atoms with Crippen LogP contribution in [0.2, 0.25) is 0 Å². The van der Waals surface area contributed by atoms with Crippen LogP contribution < -0.4 is 10.6 Å². The summed E-state index contributed by atoms with van der Waals surface area (Å²) < 4.78 is 5.41. The average molecular weight is 540 g/mol.